The van der Waals surface area contributed by atoms with Crippen molar-refractivity contribution < 1.29 is 50.8 Å². The quantitative estimate of drug-likeness (QED) is 0.209. The Morgan fingerprint density at radius 1 is 0.565 bits per heavy atom. The number of ketones is 1. The fourth-order valence-electron chi connectivity index (χ4n) is 1.84. The number of rotatable bonds is 2. The molecule has 0 spiro atoms. The zero-order chi connectivity index (χ0) is 17.6. The number of carbonyl (C=O) groups excluding carboxylic acids is 1. The molecular formula is C13H10O10. The van der Waals surface area contributed by atoms with Gasteiger partial charge >= 0.3 is 0 Å². The molecule has 2 rings (SSSR count). The Hall–Kier alpha value is -3.69. The maximum absolute atomic E-state index is 12.3. The average Bonchev–Trinajstić information content (AvgIpc) is 2.52. The Bertz CT molecular complexity index is 811. The van der Waals surface area contributed by atoms with Gasteiger partial charge in [0.2, 0.25) is 34.5 Å². The zero-order valence-electron chi connectivity index (χ0n) is 11.0. The van der Waals surface area contributed by atoms with Crippen LogP contribution in [0.25, 0.3) is 0 Å². The highest BCUT2D eigenvalue weighted by Gasteiger charge is 2.31. The van der Waals surface area contributed by atoms with Crippen molar-refractivity contribution in [3.63, 3.8) is 0 Å². The first-order valence-corrected chi connectivity index (χ1v) is 5.79. The van der Waals surface area contributed by atoms with Crippen LogP contribution >= 0.6 is 0 Å². The second-order valence-corrected chi connectivity index (χ2v) is 4.44. The lowest BCUT2D eigenvalue weighted by Gasteiger charge is -2.13. The molecule has 122 valence electrons. The maximum atomic E-state index is 12.3. The molecule has 10 heteroatoms. The number of carbonyl (C=O) groups is 1. The van der Waals surface area contributed by atoms with Gasteiger partial charge in [-0.3, -0.25) is 4.79 Å². The maximum Gasteiger partial charge on any atom is 0.208 e. The zero-order valence-corrected chi connectivity index (χ0v) is 11.0. The topological polar surface area (TPSA) is 199 Å². The monoisotopic (exact) mass is 326 g/mol. The standard InChI is InChI=1S/C13H10O10/c14-3-1-2(6(16)10(20)7(3)17)5(15)4-8(18)11(21)13(23)12(22)9(4)19/h1,14,16-23H. The van der Waals surface area contributed by atoms with Gasteiger partial charge in [0.1, 0.15) is 5.56 Å². The molecule has 0 heterocycles. The summed E-state index contributed by atoms with van der Waals surface area (Å²) in [6.45, 7) is 0. The van der Waals surface area contributed by atoms with Gasteiger partial charge in [0, 0.05) is 0 Å². The third-order valence-electron chi connectivity index (χ3n) is 3.07. The van der Waals surface area contributed by atoms with Crippen LogP contribution < -0.4 is 0 Å². The Morgan fingerprint density at radius 3 is 1.43 bits per heavy atom. The van der Waals surface area contributed by atoms with Crippen LogP contribution in [0.1, 0.15) is 15.9 Å². The van der Waals surface area contributed by atoms with Crippen molar-refractivity contribution in [3.05, 3.63) is 17.2 Å². The minimum absolute atomic E-state index is 0.507. The second-order valence-electron chi connectivity index (χ2n) is 4.44. The van der Waals surface area contributed by atoms with Gasteiger partial charge in [-0.15, -0.1) is 0 Å². The summed E-state index contributed by atoms with van der Waals surface area (Å²) in [4.78, 5) is 12.3. The van der Waals surface area contributed by atoms with Gasteiger partial charge in [-0.2, -0.15) is 0 Å². The smallest absolute Gasteiger partial charge is 0.208 e. The van der Waals surface area contributed by atoms with Crippen LogP contribution in [0.3, 0.4) is 0 Å². The third kappa shape index (κ3) is 2.09. The fraction of sp³-hybridized carbons (Fsp3) is 0. The van der Waals surface area contributed by atoms with E-state index in [9.17, 15) is 50.8 Å². The molecule has 0 aliphatic carbocycles. The second kappa shape index (κ2) is 4.94. The summed E-state index contributed by atoms with van der Waals surface area (Å²) in [5.74, 6) is -12.6. The summed E-state index contributed by atoms with van der Waals surface area (Å²) in [6.07, 6.45) is 0. The summed E-state index contributed by atoms with van der Waals surface area (Å²) in [7, 11) is 0. The first-order chi connectivity index (χ1) is 10.6. The predicted octanol–water partition coefficient (Wildman–Crippen LogP) is 0.268. The first kappa shape index (κ1) is 15.7. The van der Waals surface area contributed by atoms with E-state index in [-0.39, 0.29) is 0 Å². The van der Waals surface area contributed by atoms with E-state index in [1.165, 1.54) is 0 Å². The van der Waals surface area contributed by atoms with Gasteiger partial charge in [0.25, 0.3) is 0 Å². The Labute approximate surface area is 126 Å². The summed E-state index contributed by atoms with van der Waals surface area (Å²) < 4.78 is 0. The molecule has 10 nitrogen and oxygen atoms in total. The molecule has 0 aliphatic heterocycles. The highest BCUT2D eigenvalue weighted by molar-refractivity contribution is 6.15. The fourth-order valence-corrected chi connectivity index (χ4v) is 1.84. The molecular weight excluding hydrogens is 316 g/mol. The molecule has 0 aliphatic rings. The summed E-state index contributed by atoms with van der Waals surface area (Å²) in [5.41, 5.74) is -2.01. The van der Waals surface area contributed by atoms with E-state index in [4.69, 9.17) is 0 Å². The summed E-state index contributed by atoms with van der Waals surface area (Å²) in [6, 6.07) is 0.507. The van der Waals surface area contributed by atoms with E-state index >= 15 is 0 Å². The lowest BCUT2D eigenvalue weighted by atomic mass is 9.98. The van der Waals surface area contributed by atoms with Gasteiger partial charge in [-0.25, -0.2) is 0 Å². The van der Waals surface area contributed by atoms with Crippen molar-refractivity contribution in [2.45, 2.75) is 0 Å². The highest BCUT2D eigenvalue weighted by atomic mass is 16.4. The van der Waals surface area contributed by atoms with Crippen molar-refractivity contribution in [1.29, 1.82) is 0 Å². The Kier molecular flexibility index (Phi) is 3.37. The molecule has 0 aromatic heterocycles. The normalized spacial score (nSPS) is 10.6. The van der Waals surface area contributed by atoms with Gasteiger partial charge in [-0.1, -0.05) is 0 Å². The van der Waals surface area contributed by atoms with E-state index in [1.807, 2.05) is 0 Å². The molecule has 0 saturated heterocycles. The average molecular weight is 326 g/mol. The molecule has 0 atom stereocenters. The molecule has 2 aromatic carbocycles. The van der Waals surface area contributed by atoms with Crippen molar-refractivity contribution >= 4 is 5.78 Å². The molecule has 0 saturated carbocycles. The van der Waals surface area contributed by atoms with Crippen molar-refractivity contribution in [2.24, 2.45) is 0 Å². The third-order valence-corrected chi connectivity index (χ3v) is 3.07. The van der Waals surface area contributed by atoms with Gasteiger partial charge in [-0.05, 0) is 6.07 Å². The molecule has 0 radical (unpaired) electrons. The Morgan fingerprint density at radius 2 is 0.957 bits per heavy atom. The van der Waals surface area contributed by atoms with Gasteiger partial charge in [0.15, 0.2) is 23.0 Å². The van der Waals surface area contributed by atoms with E-state index < -0.39 is 68.7 Å². The van der Waals surface area contributed by atoms with Crippen LogP contribution in [0.15, 0.2) is 6.07 Å². The number of phenols is 9. The molecule has 23 heavy (non-hydrogen) atoms. The van der Waals surface area contributed by atoms with Crippen LogP contribution in [0, 0.1) is 0 Å². The molecule has 0 bridgehead atoms. The van der Waals surface area contributed by atoms with E-state index in [0.29, 0.717) is 6.07 Å². The van der Waals surface area contributed by atoms with Crippen molar-refractivity contribution in [3.8, 4) is 51.7 Å². The summed E-state index contributed by atoms with van der Waals surface area (Å²) in [5, 5.41) is 84.9. The summed E-state index contributed by atoms with van der Waals surface area (Å²) >= 11 is 0. The molecule has 0 fully saturated rings. The van der Waals surface area contributed by atoms with Crippen LogP contribution in [-0.4, -0.2) is 51.7 Å². The van der Waals surface area contributed by atoms with Crippen LogP contribution in [0.5, 0.6) is 51.7 Å². The lowest BCUT2D eigenvalue weighted by molar-refractivity contribution is 0.102. The van der Waals surface area contributed by atoms with E-state index in [0.717, 1.165) is 0 Å². The van der Waals surface area contributed by atoms with Gasteiger partial charge in [0.05, 0.1) is 5.56 Å². The highest BCUT2D eigenvalue weighted by Crippen LogP contribution is 2.52. The number of phenolic OH excluding ortho intramolecular Hbond substituents is 9. The number of hydrogen-bond donors (Lipinski definition) is 9. The predicted molar refractivity (Wildman–Crippen MR) is 71.3 cm³/mol. The first-order valence-electron chi connectivity index (χ1n) is 5.79. The molecule has 0 amide bonds. The SMILES string of the molecule is O=C(c1cc(O)c(O)c(O)c1O)c1c(O)c(O)c(O)c(O)c1O. The molecule has 0 unspecified atom stereocenters. The minimum atomic E-state index is -1.45. The Balaban J connectivity index is 2.78. The van der Waals surface area contributed by atoms with Crippen LogP contribution in [0.4, 0.5) is 0 Å². The van der Waals surface area contributed by atoms with Crippen LogP contribution in [0.2, 0.25) is 0 Å². The number of benzene rings is 2. The van der Waals surface area contributed by atoms with Crippen molar-refractivity contribution in [1.82, 2.24) is 0 Å². The molecule has 2 aromatic rings. The minimum Gasteiger partial charge on any atom is -0.504 e. The van der Waals surface area contributed by atoms with E-state index in [2.05, 4.69) is 0 Å². The number of hydrogen-bond acceptors (Lipinski definition) is 10. The largest absolute Gasteiger partial charge is 0.504 e. The van der Waals surface area contributed by atoms with Crippen LogP contribution in [-0.2, 0) is 0 Å². The van der Waals surface area contributed by atoms with Gasteiger partial charge < -0.3 is 46.0 Å². The van der Waals surface area contributed by atoms with E-state index in [1.54, 1.807) is 0 Å². The number of aromatic hydroxyl groups is 9. The molecule has 9 N–H and O–H groups in total. The lowest BCUT2D eigenvalue weighted by Crippen LogP contribution is -2.03. The van der Waals surface area contributed by atoms with Crippen molar-refractivity contribution in [2.75, 3.05) is 0 Å².